The van der Waals surface area contributed by atoms with Crippen molar-refractivity contribution in [1.29, 1.82) is 0 Å². The molecular formula is C14H18N5O3. The van der Waals surface area contributed by atoms with Gasteiger partial charge in [-0.25, -0.2) is 15.0 Å². The number of fused-ring (bicyclic) bond motifs is 1. The van der Waals surface area contributed by atoms with Crippen LogP contribution < -0.4 is 5.32 Å². The number of aliphatic hydroxyl groups is 2. The van der Waals surface area contributed by atoms with E-state index in [9.17, 15) is 10.2 Å². The number of aromatic nitrogens is 4. The molecule has 1 saturated heterocycles. The third-order valence-corrected chi connectivity index (χ3v) is 4.33. The summed E-state index contributed by atoms with van der Waals surface area (Å²) < 4.78 is 6.94. The van der Waals surface area contributed by atoms with E-state index in [1.807, 2.05) is 0 Å². The van der Waals surface area contributed by atoms with Crippen LogP contribution in [0.15, 0.2) is 12.7 Å². The number of ether oxygens (including phenoxy) is 1. The van der Waals surface area contributed by atoms with Gasteiger partial charge in [0, 0.05) is 6.04 Å². The van der Waals surface area contributed by atoms with Crippen molar-refractivity contribution in [2.24, 2.45) is 0 Å². The highest BCUT2D eigenvalue weighted by Crippen LogP contribution is 2.31. The Balaban J connectivity index is 1.67. The topological polar surface area (TPSA) is 105 Å². The van der Waals surface area contributed by atoms with Crippen molar-refractivity contribution in [3.63, 3.8) is 0 Å². The van der Waals surface area contributed by atoms with Crippen molar-refractivity contribution in [1.82, 2.24) is 19.5 Å². The molecule has 22 heavy (non-hydrogen) atoms. The summed E-state index contributed by atoms with van der Waals surface area (Å²) in [5.74, 6) is 0.702. The molecule has 3 N–H and O–H groups in total. The number of aliphatic hydroxyl groups excluding tert-OH is 2. The fourth-order valence-corrected chi connectivity index (χ4v) is 3.13. The summed E-state index contributed by atoms with van der Waals surface area (Å²) in [5, 5.41) is 23.0. The summed E-state index contributed by atoms with van der Waals surface area (Å²) in [6, 6.07) is 0.423. The molecule has 2 aliphatic rings. The molecule has 3 atom stereocenters. The summed E-state index contributed by atoms with van der Waals surface area (Å²) in [6.07, 6.45) is 4.98. The van der Waals surface area contributed by atoms with Gasteiger partial charge in [-0.1, -0.05) is 12.8 Å². The Bertz CT molecular complexity index is 670. The van der Waals surface area contributed by atoms with Gasteiger partial charge in [0.25, 0.3) is 0 Å². The fourth-order valence-electron chi connectivity index (χ4n) is 3.13. The minimum absolute atomic E-state index is 0.423. The van der Waals surface area contributed by atoms with Crippen LogP contribution >= 0.6 is 0 Å². The Kier molecular flexibility index (Phi) is 3.44. The number of nitrogens with one attached hydrogen (secondary N) is 1. The third-order valence-electron chi connectivity index (χ3n) is 4.33. The number of imidazole rings is 1. The summed E-state index contributed by atoms with van der Waals surface area (Å²) in [7, 11) is 0. The van der Waals surface area contributed by atoms with Crippen molar-refractivity contribution in [2.75, 3.05) is 5.32 Å². The first-order valence-corrected chi connectivity index (χ1v) is 7.53. The number of hydrogen-bond acceptors (Lipinski definition) is 7. The average molecular weight is 304 g/mol. The van der Waals surface area contributed by atoms with Gasteiger partial charge in [-0.05, 0) is 12.8 Å². The second-order valence-electron chi connectivity index (χ2n) is 5.82. The summed E-state index contributed by atoms with van der Waals surface area (Å²) in [4.78, 5) is 12.9. The maximum Gasteiger partial charge on any atom is 0.167 e. The SMILES string of the molecule is O[C@H]1[C@H](n2cnc3c(NC4CCCC4)ncnc32)O[CH][C@@H]1O. The number of nitrogens with zero attached hydrogens (tertiary/aromatic N) is 4. The van der Waals surface area contributed by atoms with Gasteiger partial charge < -0.3 is 20.3 Å². The van der Waals surface area contributed by atoms with Gasteiger partial charge >= 0.3 is 0 Å². The second kappa shape index (κ2) is 5.45. The molecule has 2 aromatic heterocycles. The van der Waals surface area contributed by atoms with E-state index in [4.69, 9.17) is 4.74 Å². The van der Waals surface area contributed by atoms with Crippen molar-refractivity contribution < 1.29 is 14.9 Å². The zero-order valence-electron chi connectivity index (χ0n) is 12.0. The van der Waals surface area contributed by atoms with Gasteiger partial charge in [-0.15, -0.1) is 0 Å². The first-order valence-electron chi connectivity index (χ1n) is 7.53. The largest absolute Gasteiger partial charge is 0.387 e. The summed E-state index contributed by atoms with van der Waals surface area (Å²) >= 11 is 0. The van der Waals surface area contributed by atoms with Crippen LogP contribution in [0.3, 0.4) is 0 Å². The van der Waals surface area contributed by atoms with Crippen LogP contribution in [-0.4, -0.2) is 48.0 Å². The molecule has 8 nitrogen and oxygen atoms in total. The van der Waals surface area contributed by atoms with Crippen LogP contribution in [0.4, 0.5) is 5.82 Å². The van der Waals surface area contributed by atoms with E-state index in [1.54, 1.807) is 10.9 Å². The lowest BCUT2D eigenvalue weighted by Crippen LogP contribution is -2.27. The zero-order valence-corrected chi connectivity index (χ0v) is 12.0. The van der Waals surface area contributed by atoms with E-state index in [0.29, 0.717) is 23.0 Å². The predicted octanol–water partition coefficient (Wildman–Crippen LogP) is 0.593. The highest BCUT2D eigenvalue weighted by atomic mass is 16.5. The van der Waals surface area contributed by atoms with Crippen LogP contribution in [0.5, 0.6) is 0 Å². The van der Waals surface area contributed by atoms with Gasteiger partial charge in [0.1, 0.15) is 25.1 Å². The second-order valence-corrected chi connectivity index (χ2v) is 5.82. The third kappa shape index (κ3) is 2.23. The molecular weight excluding hydrogens is 286 g/mol. The summed E-state index contributed by atoms with van der Waals surface area (Å²) in [6.45, 7) is 1.22. The predicted molar refractivity (Wildman–Crippen MR) is 77.6 cm³/mol. The molecule has 4 rings (SSSR count). The number of rotatable bonds is 3. The smallest absolute Gasteiger partial charge is 0.167 e. The molecule has 1 saturated carbocycles. The van der Waals surface area contributed by atoms with Crippen molar-refractivity contribution >= 4 is 17.0 Å². The van der Waals surface area contributed by atoms with Crippen LogP contribution in [0.2, 0.25) is 0 Å². The lowest BCUT2D eigenvalue weighted by Gasteiger charge is -2.17. The van der Waals surface area contributed by atoms with Gasteiger partial charge in [0.05, 0.1) is 6.33 Å². The molecule has 0 amide bonds. The molecule has 2 aromatic rings. The van der Waals surface area contributed by atoms with Gasteiger partial charge in [0.2, 0.25) is 0 Å². The molecule has 2 fully saturated rings. The van der Waals surface area contributed by atoms with Crippen molar-refractivity contribution in [2.45, 2.75) is 50.2 Å². The molecule has 0 aromatic carbocycles. The normalized spacial score (nSPS) is 29.5. The Morgan fingerprint density at radius 3 is 2.73 bits per heavy atom. The minimum atomic E-state index is -1.04. The molecule has 8 heteroatoms. The standard InChI is InChI=1S/C14H18N5O3/c20-9-5-22-14(11(9)21)19-7-17-10-12(15-6-16-13(10)19)18-8-3-1-2-4-8/h5-9,11,14,20-21H,1-4H2,(H,15,16,18)/t9-,11+,14+/m0/s1. The zero-order chi connectivity index (χ0) is 15.1. The molecule has 3 heterocycles. The van der Waals surface area contributed by atoms with E-state index in [1.165, 1.54) is 25.8 Å². The first-order chi connectivity index (χ1) is 10.7. The molecule has 1 aliphatic heterocycles. The Morgan fingerprint density at radius 1 is 1.18 bits per heavy atom. The van der Waals surface area contributed by atoms with E-state index in [-0.39, 0.29) is 0 Å². The molecule has 0 bridgehead atoms. The molecule has 0 spiro atoms. The van der Waals surface area contributed by atoms with Gasteiger partial charge in [-0.2, -0.15) is 0 Å². The number of anilines is 1. The Hall–Kier alpha value is -1.77. The average Bonchev–Trinajstić information content (AvgIpc) is 3.23. The van der Waals surface area contributed by atoms with Gasteiger partial charge in [0.15, 0.2) is 23.2 Å². The minimum Gasteiger partial charge on any atom is -0.387 e. The highest BCUT2D eigenvalue weighted by Gasteiger charge is 2.37. The van der Waals surface area contributed by atoms with Crippen LogP contribution in [0.1, 0.15) is 31.9 Å². The molecule has 1 aliphatic carbocycles. The Labute approximate surface area is 127 Å². The molecule has 0 unspecified atom stereocenters. The van der Waals surface area contributed by atoms with E-state index in [0.717, 1.165) is 12.8 Å². The van der Waals surface area contributed by atoms with E-state index >= 15 is 0 Å². The molecule has 1 radical (unpaired) electrons. The fraction of sp³-hybridized carbons (Fsp3) is 0.571. The van der Waals surface area contributed by atoms with Crippen molar-refractivity contribution in [3.8, 4) is 0 Å². The quantitative estimate of drug-likeness (QED) is 0.762. The van der Waals surface area contributed by atoms with Crippen LogP contribution in [0.25, 0.3) is 11.2 Å². The monoisotopic (exact) mass is 304 g/mol. The van der Waals surface area contributed by atoms with E-state index in [2.05, 4.69) is 20.3 Å². The maximum absolute atomic E-state index is 9.97. The lowest BCUT2D eigenvalue weighted by molar-refractivity contribution is -0.0123. The number of hydrogen-bond donors (Lipinski definition) is 3. The molecule has 117 valence electrons. The van der Waals surface area contributed by atoms with Crippen molar-refractivity contribution in [3.05, 3.63) is 19.3 Å². The van der Waals surface area contributed by atoms with Gasteiger partial charge in [-0.3, -0.25) is 4.57 Å². The first kappa shape index (κ1) is 13.9. The Morgan fingerprint density at radius 2 is 2.00 bits per heavy atom. The maximum atomic E-state index is 9.97. The lowest BCUT2D eigenvalue weighted by atomic mass is 10.2. The summed E-state index contributed by atoms with van der Waals surface area (Å²) in [5.41, 5.74) is 1.22. The van der Waals surface area contributed by atoms with E-state index < -0.39 is 18.4 Å². The highest BCUT2D eigenvalue weighted by molar-refractivity contribution is 5.82. The van der Waals surface area contributed by atoms with Crippen LogP contribution in [-0.2, 0) is 4.74 Å². The van der Waals surface area contributed by atoms with Crippen LogP contribution in [0, 0.1) is 6.61 Å².